The maximum Gasteiger partial charge on any atom is 0.145 e. The maximum absolute atomic E-state index is 6.12. The highest BCUT2D eigenvalue weighted by Gasteiger charge is 2.27. The van der Waals surface area contributed by atoms with E-state index < -0.39 is 0 Å². The molecule has 0 saturated heterocycles. The molecule has 0 radical (unpaired) electrons. The highest BCUT2D eigenvalue weighted by molar-refractivity contribution is 6.33. The van der Waals surface area contributed by atoms with Crippen LogP contribution in [0.15, 0.2) is 30.3 Å². The van der Waals surface area contributed by atoms with Crippen molar-refractivity contribution in [3.8, 4) is 0 Å². The molecule has 6 heteroatoms. The topological polar surface area (TPSA) is 75.9 Å². The van der Waals surface area contributed by atoms with Crippen LogP contribution in [0.5, 0.6) is 0 Å². The minimum absolute atomic E-state index is 0.458. The second kappa shape index (κ2) is 5.03. The summed E-state index contributed by atoms with van der Waals surface area (Å²) in [6.45, 7) is 0. The van der Waals surface area contributed by atoms with E-state index in [-0.39, 0.29) is 0 Å². The number of hydrogen-bond acceptors (Lipinski definition) is 5. The molecule has 0 aliphatic heterocycles. The molecule has 0 unspecified atom stereocenters. The number of para-hydroxylation sites is 1. The van der Waals surface area contributed by atoms with Crippen molar-refractivity contribution in [3.05, 3.63) is 41.2 Å². The van der Waals surface area contributed by atoms with Gasteiger partial charge in [-0.25, -0.2) is 15.8 Å². The lowest BCUT2D eigenvalue weighted by Gasteiger charge is -2.10. The maximum atomic E-state index is 6.12. The van der Waals surface area contributed by atoms with Gasteiger partial charge in [0.05, 0.1) is 10.7 Å². The molecule has 98 valence electrons. The molecule has 1 fully saturated rings. The molecule has 4 N–H and O–H groups in total. The number of aromatic nitrogens is 2. The molecule has 3 rings (SSSR count). The van der Waals surface area contributed by atoms with Crippen molar-refractivity contribution < 1.29 is 0 Å². The zero-order valence-electron chi connectivity index (χ0n) is 10.2. The Morgan fingerprint density at radius 3 is 2.58 bits per heavy atom. The van der Waals surface area contributed by atoms with Crippen molar-refractivity contribution in [2.75, 3.05) is 10.7 Å². The van der Waals surface area contributed by atoms with Crippen LogP contribution in [-0.2, 0) is 0 Å². The van der Waals surface area contributed by atoms with Gasteiger partial charge >= 0.3 is 0 Å². The highest BCUT2D eigenvalue weighted by atomic mass is 35.5. The van der Waals surface area contributed by atoms with Gasteiger partial charge in [-0.15, -0.1) is 0 Å². The van der Waals surface area contributed by atoms with Crippen LogP contribution < -0.4 is 16.6 Å². The van der Waals surface area contributed by atoms with Gasteiger partial charge < -0.3 is 10.7 Å². The largest absolute Gasteiger partial charge is 0.339 e. The Bertz CT molecular complexity index is 597. The summed E-state index contributed by atoms with van der Waals surface area (Å²) in [6.07, 6.45) is 2.28. The zero-order valence-corrected chi connectivity index (χ0v) is 11.0. The number of hydrazine groups is 1. The minimum Gasteiger partial charge on any atom is -0.339 e. The van der Waals surface area contributed by atoms with Gasteiger partial charge in [0, 0.05) is 12.0 Å². The summed E-state index contributed by atoms with van der Waals surface area (Å²) in [7, 11) is 0. The van der Waals surface area contributed by atoms with Crippen molar-refractivity contribution >= 4 is 28.9 Å². The molecular formula is C13H14ClN5. The summed E-state index contributed by atoms with van der Waals surface area (Å²) < 4.78 is 0. The number of nitrogens with zero attached hydrogens (tertiary/aromatic N) is 2. The average molecular weight is 276 g/mol. The molecule has 5 nitrogen and oxygen atoms in total. The van der Waals surface area contributed by atoms with Gasteiger partial charge in [-0.05, 0) is 25.0 Å². The monoisotopic (exact) mass is 275 g/mol. The predicted octanol–water partition coefficient (Wildman–Crippen LogP) is 3.04. The Morgan fingerprint density at radius 1 is 1.16 bits per heavy atom. The van der Waals surface area contributed by atoms with Crippen LogP contribution in [-0.4, -0.2) is 9.97 Å². The van der Waals surface area contributed by atoms with Crippen molar-refractivity contribution in [2.24, 2.45) is 5.84 Å². The first-order valence-electron chi connectivity index (χ1n) is 6.13. The van der Waals surface area contributed by atoms with Crippen molar-refractivity contribution in [3.63, 3.8) is 0 Å². The lowest BCUT2D eigenvalue weighted by atomic mass is 10.3. The zero-order chi connectivity index (χ0) is 13.2. The van der Waals surface area contributed by atoms with Gasteiger partial charge in [0.2, 0.25) is 0 Å². The first-order valence-corrected chi connectivity index (χ1v) is 6.51. The second-order valence-electron chi connectivity index (χ2n) is 4.52. The molecule has 0 bridgehead atoms. The summed E-state index contributed by atoms with van der Waals surface area (Å²) >= 11 is 6.12. The van der Waals surface area contributed by atoms with Gasteiger partial charge in [-0.1, -0.05) is 23.7 Å². The van der Waals surface area contributed by atoms with E-state index in [4.69, 9.17) is 17.4 Å². The second-order valence-corrected chi connectivity index (χ2v) is 4.93. The molecule has 1 aromatic heterocycles. The molecule has 1 saturated carbocycles. The Hall–Kier alpha value is -1.85. The number of anilines is 3. The standard InChI is InChI=1S/C13H14ClN5/c14-9-3-1-2-4-10(9)16-11-7-12(19-15)18-13(17-11)8-5-6-8/h1-4,7-8H,5-6,15H2,(H2,16,17,18,19). The Labute approximate surface area is 116 Å². The van der Waals surface area contributed by atoms with Gasteiger partial charge in [0.1, 0.15) is 17.5 Å². The number of nitrogen functional groups attached to an aromatic ring is 1. The number of nitrogens with two attached hydrogens (primary N) is 1. The van der Waals surface area contributed by atoms with E-state index >= 15 is 0 Å². The van der Waals surface area contributed by atoms with Crippen molar-refractivity contribution in [1.82, 2.24) is 9.97 Å². The van der Waals surface area contributed by atoms with E-state index in [9.17, 15) is 0 Å². The molecule has 19 heavy (non-hydrogen) atoms. The number of rotatable bonds is 4. The first-order chi connectivity index (χ1) is 9.26. The fourth-order valence-electron chi connectivity index (χ4n) is 1.83. The van der Waals surface area contributed by atoms with Crippen LogP contribution >= 0.6 is 11.6 Å². The fraction of sp³-hybridized carbons (Fsp3) is 0.231. The first kappa shape index (κ1) is 12.2. The fourth-order valence-corrected chi connectivity index (χ4v) is 2.01. The molecule has 2 aromatic rings. The minimum atomic E-state index is 0.458. The van der Waals surface area contributed by atoms with Crippen LogP contribution in [0.1, 0.15) is 24.6 Å². The molecular weight excluding hydrogens is 262 g/mol. The van der Waals surface area contributed by atoms with Crippen LogP contribution in [0, 0.1) is 0 Å². The summed E-state index contributed by atoms with van der Waals surface area (Å²) in [5.41, 5.74) is 3.38. The average Bonchev–Trinajstić information content (AvgIpc) is 3.25. The van der Waals surface area contributed by atoms with Crippen LogP contribution in [0.25, 0.3) is 0 Å². The third-order valence-corrected chi connectivity index (χ3v) is 3.30. The molecule has 0 amide bonds. The van der Waals surface area contributed by atoms with E-state index in [1.165, 1.54) is 0 Å². The van der Waals surface area contributed by atoms with E-state index in [1.54, 1.807) is 6.07 Å². The molecule has 1 aliphatic rings. The van der Waals surface area contributed by atoms with Crippen LogP contribution in [0.2, 0.25) is 5.02 Å². The highest BCUT2D eigenvalue weighted by Crippen LogP contribution is 2.39. The van der Waals surface area contributed by atoms with Gasteiger partial charge in [0.25, 0.3) is 0 Å². The lowest BCUT2D eigenvalue weighted by Crippen LogP contribution is -2.11. The van der Waals surface area contributed by atoms with E-state index in [2.05, 4.69) is 20.7 Å². The third kappa shape index (κ3) is 2.77. The molecule has 1 heterocycles. The quantitative estimate of drug-likeness (QED) is 0.591. The van der Waals surface area contributed by atoms with E-state index in [0.29, 0.717) is 22.6 Å². The molecule has 0 spiro atoms. The summed E-state index contributed by atoms with van der Waals surface area (Å²) in [5, 5.41) is 3.84. The van der Waals surface area contributed by atoms with Gasteiger partial charge in [-0.2, -0.15) is 0 Å². The lowest BCUT2D eigenvalue weighted by molar-refractivity contribution is 0.929. The molecule has 1 aromatic carbocycles. The molecule has 1 aliphatic carbocycles. The van der Waals surface area contributed by atoms with Crippen LogP contribution in [0.4, 0.5) is 17.3 Å². The van der Waals surface area contributed by atoms with E-state index in [1.807, 2.05) is 24.3 Å². The number of benzene rings is 1. The van der Waals surface area contributed by atoms with Gasteiger partial charge in [-0.3, -0.25) is 0 Å². The number of halogens is 1. The van der Waals surface area contributed by atoms with E-state index in [0.717, 1.165) is 24.4 Å². The normalized spacial score (nSPS) is 14.2. The Morgan fingerprint density at radius 2 is 1.89 bits per heavy atom. The summed E-state index contributed by atoms with van der Waals surface area (Å²) in [4.78, 5) is 8.86. The number of hydrogen-bond donors (Lipinski definition) is 3. The SMILES string of the molecule is NNc1cc(Nc2ccccc2Cl)nc(C2CC2)n1. The molecule has 0 atom stereocenters. The predicted molar refractivity (Wildman–Crippen MR) is 76.6 cm³/mol. The Kier molecular flexibility index (Phi) is 3.23. The Balaban J connectivity index is 1.91. The number of nitrogens with one attached hydrogen (secondary N) is 2. The van der Waals surface area contributed by atoms with Gasteiger partial charge in [0.15, 0.2) is 0 Å². The smallest absolute Gasteiger partial charge is 0.145 e. The third-order valence-electron chi connectivity index (χ3n) is 2.97. The van der Waals surface area contributed by atoms with Crippen molar-refractivity contribution in [1.29, 1.82) is 0 Å². The summed E-state index contributed by atoms with van der Waals surface area (Å²) in [5.74, 6) is 8.02. The van der Waals surface area contributed by atoms with Crippen LogP contribution in [0.3, 0.4) is 0 Å². The van der Waals surface area contributed by atoms with Crippen molar-refractivity contribution in [2.45, 2.75) is 18.8 Å². The summed E-state index contributed by atoms with van der Waals surface area (Å²) in [6, 6.07) is 9.29.